The molecule has 4 rings (SSSR count). The first kappa shape index (κ1) is 17.3. The monoisotopic (exact) mass is 396 g/mol. The van der Waals surface area contributed by atoms with Crippen molar-refractivity contribution in [2.45, 2.75) is 17.7 Å². The second-order valence-corrected chi connectivity index (χ2v) is 7.22. The van der Waals surface area contributed by atoms with Gasteiger partial charge in [0.05, 0.1) is 11.3 Å². The van der Waals surface area contributed by atoms with Crippen molar-refractivity contribution in [1.29, 1.82) is 0 Å². The number of carbonyl (C=O) groups is 1. The van der Waals surface area contributed by atoms with Crippen molar-refractivity contribution in [2.24, 2.45) is 10.1 Å². The number of nitrogens with zero attached hydrogens (tertiary/aromatic N) is 2. The molecule has 0 atom stereocenters. The lowest BCUT2D eigenvalue weighted by atomic mass is 10.1. The molecule has 0 unspecified atom stereocenters. The minimum atomic E-state index is -3.96. The summed E-state index contributed by atoms with van der Waals surface area (Å²) in [7, 11) is -3.96. The summed E-state index contributed by atoms with van der Waals surface area (Å²) >= 11 is 0. The number of carbonyl (C=O) groups excluding carboxylic acids is 1. The molecule has 2 aromatic rings. The summed E-state index contributed by atoms with van der Waals surface area (Å²) in [6.07, 6.45) is -2.46. The van der Waals surface area contributed by atoms with Gasteiger partial charge in [-0.3, -0.25) is 4.79 Å². The van der Waals surface area contributed by atoms with Crippen LogP contribution in [0.5, 0.6) is 11.5 Å². The topological polar surface area (TPSA) is 133 Å². The van der Waals surface area contributed by atoms with Gasteiger partial charge in [0.1, 0.15) is 5.84 Å². The van der Waals surface area contributed by atoms with Crippen molar-refractivity contribution < 1.29 is 31.5 Å². The van der Waals surface area contributed by atoms with E-state index in [2.05, 4.69) is 24.8 Å². The fourth-order valence-corrected chi connectivity index (χ4v) is 3.05. The van der Waals surface area contributed by atoms with Crippen molar-refractivity contribution in [3.05, 3.63) is 41.6 Å². The number of pyridine rings is 1. The molecule has 3 heterocycles. The Morgan fingerprint density at radius 1 is 1.22 bits per heavy atom. The number of rotatable bonds is 2. The molecule has 3 N–H and O–H groups in total. The number of benzene rings is 1. The Bertz CT molecular complexity index is 1100. The predicted molar refractivity (Wildman–Crippen MR) is 86.5 cm³/mol. The number of amides is 1. The molecular formula is C15H10F2N4O5S. The van der Waals surface area contributed by atoms with E-state index in [9.17, 15) is 22.0 Å². The van der Waals surface area contributed by atoms with Crippen molar-refractivity contribution in [1.82, 2.24) is 10.3 Å². The number of aliphatic imine (C=N–C) groups is 1. The minimum absolute atomic E-state index is 0.0925. The molecule has 0 aliphatic carbocycles. The molecule has 1 aromatic heterocycles. The average Bonchev–Trinajstić information content (AvgIpc) is 3.08. The maximum absolute atomic E-state index is 13.1. The highest BCUT2D eigenvalue weighted by Crippen LogP contribution is 2.45. The molecule has 0 bridgehead atoms. The van der Waals surface area contributed by atoms with Crippen LogP contribution in [0, 0.1) is 0 Å². The van der Waals surface area contributed by atoms with Crippen molar-refractivity contribution >= 4 is 27.5 Å². The van der Waals surface area contributed by atoms with Gasteiger partial charge in [-0.15, -0.1) is 8.78 Å². The van der Waals surface area contributed by atoms with Crippen LogP contribution >= 0.6 is 0 Å². The maximum atomic E-state index is 13.1. The van der Waals surface area contributed by atoms with E-state index in [4.69, 9.17) is 5.14 Å². The summed E-state index contributed by atoms with van der Waals surface area (Å²) in [4.78, 5) is 20.0. The van der Waals surface area contributed by atoms with Gasteiger partial charge in [-0.05, 0) is 23.8 Å². The highest BCUT2D eigenvalue weighted by Gasteiger charge is 2.44. The van der Waals surface area contributed by atoms with Crippen molar-refractivity contribution in [3.8, 4) is 11.5 Å². The third-order valence-corrected chi connectivity index (χ3v) is 4.59. The standard InChI is InChI=1S/C15H10F2N4O5S/c16-15(17)25-10-3-8-4-12(20-9(8)5-11(10)26-15)21-14(22)7-1-2-13(19-6-7)27(18,23)24/h1-3,5-6H,4H2,(H2,18,23,24)(H,20,21,22). The summed E-state index contributed by atoms with van der Waals surface area (Å²) in [6, 6.07) is 5.03. The lowest BCUT2D eigenvalue weighted by Crippen LogP contribution is -2.30. The smallest absolute Gasteiger partial charge is 0.395 e. The zero-order valence-electron chi connectivity index (χ0n) is 13.3. The first-order valence-corrected chi connectivity index (χ1v) is 8.96. The SMILES string of the molecule is NS(=O)(=O)c1ccc(C(=O)NC2=Nc3cc4c(cc3C2)OC(F)(F)O4)cn1. The van der Waals surface area contributed by atoms with E-state index in [-0.39, 0.29) is 34.3 Å². The lowest BCUT2D eigenvalue weighted by molar-refractivity contribution is -0.286. The molecule has 1 aromatic carbocycles. The summed E-state index contributed by atoms with van der Waals surface area (Å²) in [5.74, 6) is -0.537. The molecular weight excluding hydrogens is 386 g/mol. The molecule has 0 radical (unpaired) electrons. The largest absolute Gasteiger partial charge is 0.586 e. The second-order valence-electron chi connectivity index (χ2n) is 5.71. The molecule has 0 spiro atoms. The number of fused-ring (bicyclic) bond motifs is 2. The number of amidine groups is 1. The fraction of sp³-hybridized carbons (Fsp3) is 0.133. The van der Waals surface area contributed by atoms with Crippen LogP contribution in [0.25, 0.3) is 0 Å². The van der Waals surface area contributed by atoms with E-state index in [1.165, 1.54) is 18.2 Å². The summed E-state index contributed by atoms with van der Waals surface area (Å²) in [6.45, 7) is 0. The van der Waals surface area contributed by atoms with Gasteiger partial charge in [-0.2, -0.15) is 0 Å². The van der Waals surface area contributed by atoms with Gasteiger partial charge in [-0.1, -0.05) is 0 Å². The van der Waals surface area contributed by atoms with Crippen LogP contribution in [0.15, 0.2) is 40.5 Å². The molecule has 9 nitrogen and oxygen atoms in total. The molecule has 0 saturated carbocycles. The molecule has 27 heavy (non-hydrogen) atoms. The lowest BCUT2D eigenvalue weighted by Gasteiger charge is -2.05. The first-order chi connectivity index (χ1) is 12.6. The minimum Gasteiger partial charge on any atom is -0.395 e. The third kappa shape index (κ3) is 3.31. The van der Waals surface area contributed by atoms with Crippen molar-refractivity contribution in [3.63, 3.8) is 0 Å². The zero-order valence-corrected chi connectivity index (χ0v) is 14.1. The highest BCUT2D eigenvalue weighted by molar-refractivity contribution is 7.89. The molecule has 2 aliphatic rings. The van der Waals surface area contributed by atoms with E-state index in [0.29, 0.717) is 11.3 Å². The first-order valence-electron chi connectivity index (χ1n) is 7.41. The molecule has 12 heteroatoms. The van der Waals surface area contributed by atoms with Gasteiger partial charge in [0, 0.05) is 18.7 Å². The summed E-state index contributed by atoms with van der Waals surface area (Å²) < 4.78 is 57.2. The van der Waals surface area contributed by atoms with Crippen LogP contribution in [0.4, 0.5) is 14.5 Å². The van der Waals surface area contributed by atoms with E-state index in [1.54, 1.807) is 0 Å². The summed E-state index contributed by atoms with van der Waals surface area (Å²) in [5.41, 5.74) is 1.04. The number of aromatic nitrogens is 1. The van der Waals surface area contributed by atoms with Gasteiger partial charge in [0.25, 0.3) is 15.9 Å². The third-order valence-electron chi connectivity index (χ3n) is 3.76. The normalized spacial score (nSPS) is 16.6. The number of ether oxygens (including phenoxy) is 2. The van der Waals surface area contributed by atoms with E-state index >= 15 is 0 Å². The quantitative estimate of drug-likeness (QED) is 0.780. The number of primary sulfonamides is 1. The van der Waals surface area contributed by atoms with Gasteiger partial charge >= 0.3 is 6.29 Å². The van der Waals surface area contributed by atoms with Crippen LogP contribution in [-0.4, -0.2) is 31.4 Å². The Kier molecular flexibility index (Phi) is 3.65. The van der Waals surface area contributed by atoms with Crippen LogP contribution in [-0.2, 0) is 16.4 Å². The molecule has 2 aliphatic heterocycles. The number of halogens is 2. The van der Waals surface area contributed by atoms with Crippen LogP contribution in [0.3, 0.4) is 0 Å². The fourth-order valence-electron chi connectivity index (χ4n) is 2.60. The van der Waals surface area contributed by atoms with E-state index in [1.807, 2.05) is 0 Å². The molecule has 1 amide bonds. The molecule has 0 saturated heterocycles. The van der Waals surface area contributed by atoms with Gasteiger partial charge in [0.15, 0.2) is 16.5 Å². The number of hydrogen-bond donors (Lipinski definition) is 2. The Balaban J connectivity index is 1.50. The Labute approximate surface area is 150 Å². The Morgan fingerprint density at radius 2 is 1.93 bits per heavy atom. The van der Waals surface area contributed by atoms with Crippen LogP contribution < -0.4 is 19.9 Å². The average molecular weight is 396 g/mol. The maximum Gasteiger partial charge on any atom is 0.586 e. The number of hydrogen-bond acceptors (Lipinski definition) is 7. The second kappa shape index (κ2) is 5.69. The summed E-state index contributed by atoms with van der Waals surface area (Å²) in [5, 5.41) is 7.13. The predicted octanol–water partition coefficient (Wildman–Crippen LogP) is 1.07. The van der Waals surface area contributed by atoms with E-state index in [0.717, 1.165) is 12.3 Å². The van der Waals surface area contributed by atoms with Gasteiger partial charge in [-0.25, -0.2) is 23.5 Å². The van der Waals surface area contributed by atoms with Crippen molar-refractivity contribution in [2.75, 3.05) is 0 Å². The number of sulfonamides is 1. The van der Waals surface area contributed by atoms with Gasteiger partial charge < -0.3 is 14.8 Å². The Hall–Kier alpha value is -3.12. The molecule has 140 valence electrons. The molecule has 0 fully saturated rings. The van der Waals surface area contributed by atoms with Gasteiger partial charge in [0.2, 0.25) is 0 Å². The number of nitrogens with one attached hydrogen (secondary N) is 1. The Morgan fingerprint density at radius 3 is 2.56 bits per heavy atom. The van der Waals surface area contributed by atoms with E-state index < -0.39 is 22.2 Å². The van der Waals surface area contributed by atoms with Crippen LogP contribution in [0.2, 0.25) is 0 Å². The van der Waals surface area contributed by atoms with Crippen LogP contribution in [0.1, 0.15) is 15.9 Å². The number of nitrogens with two attached hydrogens (primary N) is 1. The number of alkyl halides is 2. The highest BCUT2D eigenvalue weighted by atomic mass is 32.2. The zero-order chi connectivity index (χ0) is 19.4.